The van der Waals surface area contributed by atoms with Gasteiger partial charge in [0.25, 0.3) is 0 Å². The highest BCUT2D eigenvalue weighted by Crippen LogP contribution is 2.18. The van der Waals surface area contributed by atoms with Gasteiger partial charge >= 0.3 is 0 Å². The van der Waals surface area contributed by atoms with Gasteiger partial charge in [-0.1, -0.05) is 36.4 Å². The SMILES string of the molecule is CC(C)N(C)Cc1cccc(CN[C@@H](C)c2cccc(O)c2)c1. The van der Waals surface area contributed by atoms with Crippen molar-refractivity contribution in [1.82, 2.24) is 10.2 Å². The second-order valence-electron chi connectivity index (χ2n) is 6.53. The maximum atomic E-state index is 9.58. The molecule has 124 valence electrons. The monoisotopic (exact) mass is 312 g/mol. The molecule has 0 radical (unpaired) electrons. The van der Waals surface area contributed by atoms with E-state index in [4.69, 9.17) is 0 Å². The highest BCUT2D eigenvalue weighted by Gasteiger charge is 2.07. The Morgan fingerprint density at radius 3 is 2.39 bits per heavy atom. The number of nitrogens with one attached hydrogen (secondary N) is 1. The van der Waals surface area contributed by atoms with Crippen LogP contribution in [0.3, 0.4) is 0 Å². The van der Waals surface area contributed by atoms with Crippen molar-refractivity contribution in [3.8, 4) is 5.75 Å². The molecule has 2 aromatic carbocycles. The number of hydrogen-bond acceptors (Lipinski definition) is 3. The predicted octanol–water partition coefficient (Wildman–Crippen LogP) is 4.08. The normalized spacial score (nSPS) is 12.8. The third-order valence-corrected chi connectivity index (χ3v) is 4.29. The topological polar surface area (TPSA) is 35.5 Å². The van der Waals surface area contributed by atoms with E-state index < -0.39 is 0 Å². The summed E-state index contributed by atoms with van der Waals surface area (Å²) in [6.45, 7) is 8.32. The minimum absolute atomic E-state index is 0.198. The number of rotatable bonds is 7. The molecule has 0 aliphatic heterocycles. The third kappa shape index (κ3) is 5.38. The largest absolute Gasteiger partial charge is 0.508 e. The van der Waals surface area contributed by atoms with Gasteiger partial charge in [0.1, 0.15) is 5.75 Å². The second-order valence-corrected chi connectivity index (χ2v) is 6.53. The molecule has 0 aromatic heterocycles. The first-order valence-electron chi connectivity index (χ1n) is 8.26. The minimum atomic E-state index is 0.198. The van der Waals surface area contributed by atoms with E-state index in [1.54, 1.807) is 6.07 Å². The number of hydrogen-bond donors (Lipinski definition) is 2. The summed E-state index contributed by atoms with van der Waals surface area (Å²) in [4.78, 5) is 2.34. The van der Waals surface area contributed by atoms with Crippen LogP contribution in [0.5, 0.6) is 5.75 Å². The number of benzene rings is 2. The highest BCUT2D eigenvalue weighted by atomic mass is 16.3. The molecule has 0 spiro atoms. The zero-order valence-electron chi connectivity index (χ0n) is 14.6. The molecule has 2 N–H and O–H groups in total. The number of aromatic hydroxyl groups is 1. The molecule has 0 saturated carbocycles. The molecular formula is C20H28N2O. The van der Waals surface area contributed by atoms with Crippen molar-refractivity contribution in [2.45, 2.75) is 45.9 Å². The zero-order valence-corrected chi connectivity index (χ0v) is 14.6. The molecule has 0 saturated heterocycles. The number of phenolic OH excluding ortho intramolecular Hbond substituents is 1. The summed E-state index contributed by atoms with van der Waals surface area (Å²) in [5.74, 6) is 0.315. The number of nitrogens with zero attached hydrogens (tertiary/aromatic N) is 1. The third-order valence-electron chi connectivity index (χ3n) is 4.29. The van der Waals surface area contributed by atoms with E-state index >= 15 is 0 Å². The van der Waals surface area contributed by atoms with Crippen molar-refractivity contribution in [2.24, 2.45) is 0 Å². The van der Waals surface area contributed by atoms with E-state index in [2.05, 4.69) is 62.3 Å². The van der Waals surface area contributed by atoms with Gasteiger partial charge in [0.05, 0.1) is 0 Å². The first kappa shape index (κ1) is 17.5. The molecule has 0 unspecified atom stereocenters. The van der Waals surface area contributed by atoms with Crippen LogP contribution in [0.1, 0.15) is 43.5 Å². The molecule has 0 amide bonds. The first-order valence-corrected chi connectivity index (χ1v) is 8.26. The predicted molar refractivity (Wildman–Crippen MR) is 96.4 cm³/mol. The Labute approximate surface area is 140 Å². The van der Waals surface area contributed by atoms with Crippen LogP contribution in [-0.4, -0.2) is 23.1 Å². The van der Waals surface area contributed by atoms with Crippen LogP contribution in [0.25, 0.3) is 0 Å². The first-order chi connectivity index (χ1) is 11.0. The molecule has 2 rings (SSSR count). The molecule has 23 heavy (non-hydrogen) atoms. The molecule has 2 aromatic rings. The van der Waals surface area contributed by atoms with Gasteiger partial charge in [-0.2, -0.15) is 0 Å². The van der Waals surface area contributed by atoms with E-state index in [9.17, 15) is 5.11 Å². The van der Waals surface area contributed by atoms with Crippen molar-refractivity contribution in [3.05, 3.63) is 65.2 Å². The Kier molecular flexibility index (Phi) is 6.20. The van der Waals surface area contributed by atoms with E-state index in [1.807, 2.05) is 18.2 Å². The molecule has 3 nitrogen and oxygen atoms in total. The van der Waals surface area contributed by atoms with E-state index in [-0.39, 0.29) is 6.04 Å². The van der Waals surface area contributed by atoms with Crippen LogP contribution >= 0.6 is 0 Å². The van der Waals surface area contributed by atoms with Crippen LogP contribution < -0.4 is 5.32 Å². The fourth-order valence-electron chi connectivity index (χ4n) is 2.49. The van der Waals surface area contributed by atoms with Crippen molar-refractivity contribution in [2.75, 3.05) is 7.05 Å². The second kappa shape index (κ2) is 8.14. The van der Waals surface area contributed by atoms with Crippen LogP contribution in [-0.2, 0) is 13.1 Å². The van der Waals surface area contributed by atoms with Crippen LogP contribution in [0, 0.1) is 0 Å². The van der Waals surface area contributed by atoms with Gasteiger partial charge in [0.2, 0.25) is 0 Å². The van der Waals surface area contributed by atoms with Crippen LogP contribution in [0.2, 0.25) is 0 Å². The Morgan fingerprint density at radius 2 is 1.70 bits per heavy atom. The van der Waals surface area contributed by atoms with Crippen molar-refractivity contribution >= 4 is 0 Å². The Hall–Kier alpha value is -1.84. The smallest absolute Gasteiger partial charge is 0.115 e. The van der Waals surface area contributed by atoms with E-state index in [1.165, 1.54) is 11.1 Å². The highest BCUT2D eigenvalue weighted by molar-refractivity contribution is 5.29. The fraction of sp³-hybridized carbons (Fsp3) is 0.400. The Morgan fingerprint density at radius 1 is 1.00 bits per heavy atom. The average Bonchev–Trinajstić information content (AvgIpc) is 2.53. The minimum Gasteiger partial charge on any atom is -0.508 e. The average molecular weight is 312 g/mol. The summed E-state index contributed by atoms with van der Waals surface area (Å²) in [6, 6.07) is 16.9. The van der Waals surface area contributed by atoms with Gasteiger partial charge in [-0.3, -0.25) is 4.90 Å². The summed E-state index contributed by atoms with van der Waals surface area (Å²) in [5, 5.41) is 13.1. The van der Waals surface area contributed by atoms with Crippen LogP contribution in [0.4, 0.5) is 0 Å². The van der Waals surface area contributed by atoms with Crippen LogP contribution in [0.15, 0.2) is 48.5 Å². The maximum Gasteiger partial charge on any atom is 0.115 e. The zero-order chi connectivity index (χ0) is 16.8. The summed E-state index contributed by atoms with van der Waals surface area (Å²) in [6.07, 6.45) is 0. The number of phenols is 1. The van der Waals surface area contributed by atoms with Crippen molar-refractivity contribution in [3.63, 3.8) is 0 Å². The van der Waals surface area contributed by atoms with Gasteiger partial charge in [-0.25, -0.2) is 0 Å². The van der Waals surface area contributed by atoms with Gasteiger partial charge in [0.15, 0.2) is 0 Å². The summed E-state index contributed by atoms with van der Waals surface area (Å²) >= 11 is 0. The maximum absolute atomic E-state index is 9.58. The van der Waals surface area contributed by atoms with Gasteiger partial charge in [-0.05, 0) is 56.6 Å². The lowest BCUT2D eigenvalue weighted by molar-refractivity contribution is 0.265. The fourth-order valence-corrected chi connectivity index (χ4v) is 2.49. The Balaban J connectivity index is 1.95. The van der Waals surface area contributed by atoms with Gasteiger partial charge < -0.3 is 10.4 Å². The molecule has 3 heteroatoms. The molecule has 0 aliphatic carbocycles. The molecule has 0 aliphatic rings. The van der Waals surface area contributed by atoms with Crippen molar-refractivity contribution in [1.29, 1.82) is 0 Å². The molecule has 1 atom stereocenters. The lowest BCUT2D eigenvalue weighted by Gasteiger charge is -2.21. The standard InChI is InChI=1S/C20H28N2O/c1-15(2)22(4)14-18-8-5-7-17(11-18)13-21-16(3)19-9-6-10-20(23)12-19/h5-12,15-16,21,23H,13-14H2,1-4H3/t16-/m0/s1. The molecular weight excluding hydrogens is 284 g/mol. The molecule has 0 bridgehead atoms. The van der Waals surface area contributed by atoms with E-state index in [0.717, 1.165) is 18.7 Å². The quantitative estimate of drug-likeness (QED) is 0.808. The Bertz CT molecular complexity index is 625. The van der Waals surface area contributed by atoms with Gasteiger partial charge in [-0.15, -0.1) is 0 Å². The lowest BCUT2D eigenvalue weighted by Crippen LogP contribution is -2.25. The summed E-state index contributed by atoms with van der Waals surface area (Å²) in [7, 11) is 2.15. The lowest BCUT2D eigenvalue weighted by atomic mass is 10.1. The summed E-state index contributed by atoms with van der Waals surface area (Å²) in [5.41, 5.74) is 3.72. The molecule has 0 heterocycles. The summed E-state index contributed by atoms with van der Waals surface area (Å²) < 4.78 is 0. The van der Waals surface area contributed by atoms with Gasteiger partial charge in [0, 0.05) is 25.2 Å². The van der Waals surface area contributed by atoms with Crippen molar-refractivity contribution < 1.29 is 5.11 Å². The van der Waals surface area contributed by atoms with E-state index in [0.29, 0.717) is 11.8 Å². The molecule has 0 fully saturated rings.